The van der Waals surface area contributed by atoms with E-state index < -0.39 is 0 Å². The van der Waals surface area contributed by atoms with Crippen LogP contribution >= 0.6 is 0 Å². The second kappa shape index (κ2) is 3.97. The fourth-order valence-electron chi connectivity index (χ4n) is 1.89. The SMILES string of the molecule is CCC1(COC2CCCCO2)CC1. The summed E-state index contributed by atoms with van der Waals surface area (Å²) in [6, 6.07) is 0. The van der Waals surface area contributed by atoms with Crippen molar-refractivity contribution >= 4 is 0 Å². The highest BCUT2D eigenvalue weighted by Crippen LogP contribution is 2.49. The molecule has 0 amide bonds. The van der Waals surface area contributed by atoms with E-state index in [1.165, 1.54) is 32.1 Å². The Kier molecular flexibility index (Phi) is 2.89. The molecule has 1 heterocycles. The van der Waals surface area contributed by atoms with Crippen molar-refractivity contribution in [2.24, 2.45) is 5.41 Å². The average molecular weight is 184 g/mol. The Morgan fingerprint density at radius 1 is 1.38 bits per heavy atom. The molecule has 76 valence electrons. The Labute approximate surface area is 80.6 Å². The molecule has 0 radical (unpaired) electrons. The van der Waals surface area contributed by atoms with Gasteiger partial charge in [0.1, 0.15) is 0 Å². The van der Waals surface area contributed by atoms with Crippen molar-refractivity contribution in [3.63, 3.8) is 0 Å². The van der Waals surface area contributed by atoms with Crippen LogP contribution in [-0.2, 0) is 9.47 Å². The predicted octanol–water partition coefficient (Wildman–Crippen LogP) is 2.72. The van der Waals surface area contributed by atoms with E-state index in [9.17, 15) is 0 Å². The van der Waals surface area contributed by atoms with Crippen LogP contribution in [0.2, 0.25) is 0 Å². The molecular formula is C11H20O2. The molecule has 0 aromatic heterocycles. The van der Waals surface area contributed by atoms with Crippen LogP contribution in [0.5, 0.6) is 0 Å². The second-order valence-electron chi connectivity index (χ2n) is 4.46. The summed E-state index contributed by atoms with van der Waals surface area (Å²) in [6.07, 6.45) is 7.66. The maximum atomic E-state index is 5.78. The summed E-state index contributed by atoms with van der Waals surface area (Å²) in [4.78, 5) is 0. The summed E-state index contributed by atoms with van der Waals surface area (Å²) in [5, 5.41) is 0. The monoisotopic (exact) mass is 184 g/mol. The van der Waals surface area contributed by atoms with Gasteiger partial charge < -0.3 is 9.47 Å². The average Bonchev–Trinajstić information content (AvgIpc) is 2.97. The highest BCUT2D eigenvalue weighted by molar-refractivity contribution is 4.91. The Morgan fingerprint density at radius 3 is 2.77 bits per heavy atom. The molecule has 2 fully saturated rings. The van der Waals surface area contributed by atoms with Gasteiger partial charge in [0.2, 0.25) is 0 Å². The summed E-state index contributed by atoms with van der Waals surface area (Å²) >= 11 is 0. The zero-order chi connectivity index (χ0) is 9.15. The summed E-state index contributed by atoms with van der Waals surface area (Å²) in [5.74, 6) is 0. The molecule has 2 heteroatoms. The van der Waals surface area contributed by atoms with Crippen molar-refractivity contribution in [1.29, 1.82) is 0 Å². The fourth-order valence-corrected chi connectivity index (χ4v) is 1.89. The molecule has 1 aliphatic heterocycles. The zero-order valence-corrected chi connectivity index (χ0v) is 8.55. The Bertz CT molecular complexity index is 157. The molecule has 0 N–H and O–H groups in total. The van der Waals surface area contributed by atoms with Crippen LogP contribution in [0.25, 0.3) is 0 Å². The smallest absolute Gasteiger partial charge is 0.157 e. The van der Waals surface area contributed by atoms with E-state index in [1.54, 1.807) is 0 Å². The number of ether oxygens (including phenoxy) is 2. The van der Waals surface area contributed by atoms with E-state index in [0.717, 1.165) is 19.6 Å². The molecule has 2 aliphatic rings. The molecule has 1 saturated heterocycles. The molecule has 13 heavy (non-hydrogen) atoms. The van der Waals surface area contributed by atoms with Crippen molar-refractivity contribution in [2.45, 2.75) is 51.7 Å². The van der Waals surface area contributed by atoms with Gasteiger partial charge in [-0.15, -0.1) is 0 Å². The van der Waals surface area contributed by atoms with Gasteiger partial charge in [-0.3, -0.25) is 0 Å². The number of hydrogen-bond acceptors (Lipinski definition) is 2. The summed E-state index contributed by atoms with van der Waals surface area (Å²) in [5.41, 5.74) is 0.542. The maximum absolute atomic E-state index is 5.78. The highest BCUT2D eigenvalue weighted by Gasteiger charge is 2.41. The third-order valence-corrected chi connectivity index (χ3v) is 3.42. The lowest BCUT2D eigenvalue weighted by Gasteiger charge is -2.24. The Hall–Kier alpha value is -0.0800. The van der Waals surface area contributed by atoms with Gasteiger partial charge in [0.15, 0.2) is 6.29 Å². The second-order valence-corrected chi connectivity index (χ2v) is 4.46. The van der Waals surface area contributed by atoms with Crippen LogP contribution in [0.4, 0.5) is 0 Å². The quantitative estimate of drug-likeness (QED) is 0.669. The molecule has 1 unspecified atom stereocenters. The standard InChI is InChI=1S/C11H20O2/c1-2-11(6-7-11)9-13-10-5-3-4-8-12-10/h10H,2-9H2,1H3. The van der Waals surface area contributed by atoms with Crippen molar-refractivity contribution < 1.29 is 9.47 Å². The van der Waals surface area contributed by atoms with Crippen LogP contribution in [0.3, 0.4) is 0 Å². The van der Waals surface area contributed by atoms with E-state index in [2.05, 4.69) is 6.92 Å². The van der Waals surface area contributed by atoms with Crippen molar-refractivity contribution in [3.8, 4) is 0 Å². The van der Waals surface area contributed by atoms with Gasteiger partial charge in [-0.2, -0.15) is 0 Å². The molecule has 0 spiro atoms. The molecule has 0 bridgehead atoms. The van der Waals surface area contributed by atoms with Crippen LogP contribution in [0.1, 0.15) is 45.4 Å². The van der Waals surface area contributed by atoms with Crippen LogP contribution in [0, 0.1) is 5.41 Å². The van der Waals surface area contributed by atoms with Gasteiger partial charge >= 0.3 is 0 Å². The molecule has 0 aromatic carbocycles. The molecular weight excluding hydrogens is 164 g/mol. The molecule has 1 atom stereocenters. The summed E-state index contributed by atoms with van der Waals surface area (Å²) in [6.45, 7) is 4.08. The lowest BCUT2D eigenvalue weighted by Crippen LogP contribution is -2.25. The van der Waals surface area contributed by atoms with Crippen LogP contribution in [0.15, 0.2) is 0 Å². The first-order chi connectivity index (χ1) is 6.35. The van der Waals surface area contributed by atoms with Gasteiger partial charge in [0.05, 0.1) is 6.61 Å². The van der Waals surface area contributed by atoms with Gasteiger partial charge in [0.25, 0.3) is 0 Å². The summed E-state index contributed by atoms with van der Waals surface area (Å²) < 4.78 is 11.3. The largest absolute Gasteiger partial charge is 0.353 e. The van der Waals surface area contributed by atoms with Crippen molar-refractivity contribution in [2.75, 3.05) is 13.2 Å². The highest BCUT2D eigenvalue weighted by atomic mass is 16.7. The van der Waals surface area contributed by atoms with E-state index in [4.69, 9.17) is 9.47 Å². The van der Waals surface area contributed by atoms with Gasteiger partial charge in [-0.25, -0.2) is 0 Å². The summed E-state index contributed by atoms with van der Waals surface area (Å²) in [7, 11) is 0. The molecule has 1 aliphatic carbocycles. The molecule has 1 saturated carbocycles. The first-order valence-corrected chi connectivity index (χ1v) is 5.58. The van der Waals surface area contributed by atoms with Crippen molar-refractivity contribution in [1.82, 2.24) is 0 Å². The van der Waals surface area contributed by atoms with Crippen molar-refractivity contribution in [3.05, 3.63) is 0 Å². The Balaban J connectivity index is 1.66. The van der Waals surface area contributed by atoms with Gasteiger partial charge in [-0.1, -0.05) is 6.92 Å². The normalized spacial score (nSPS) is 31.6. The lowest BCUT2D eigenvalue weighted by molar-refractivity contribution is -0.171. The zero-order valence-electron chi connectivity index (χ0n) is 8.55. The molecule has 0 aromatic rings. The number of rotatable bonds is 4. The topological polar surface area (TPSA) is 18.5 Å². The Morgan fingerprint density at radius 2 is 2.23 bits per heavy atom. The molecule has 2 rings (SSSR count). The number of hydrogen-bond donors (Lipinski definition) is 0. The first kappa shape index (κ1) is 9.47. The first-order valence-electron chi connectivity index (χ1n) is 5.58. The van der Waals surface area contributed by atoms with E-state index in [0.29, 0.717) is 5.41 Å². The minimum Gasteiger partial charge on any atom is -0.353 e. The van der Waals surface area contributed by atoms with Crippen LogP contribution in [-0.4, -0.2) is 19.5 Å². The lowest BCUT2D eigenvalue weighted by atomic mass is 10.1. The minimum absolute atomic E-state index is 0.109. The third-order valence-electron chi connectivity index (χ3n) is 3.42. The van der Waals surface area contributed by atoms with Gasteiger partial charge in [0, 0.05) is 6.61 Å². The van der Waals surface area contributed by atoms with E-state index in [1.807, 2.05) is 0 Å². The minimum atomic E-state index is 0.109. The maximum Gasteiger partial charge on any atom is 0.157 e. The third kappa shape index (κ3) is 2.44. The van der Waals surface area contributed by atoms with E-state index >= 15 is 0 Å². The fraction of sp³-hybridized carbons (Fsp3) is 1.00. The predicted molar refractivity (Wildman–Crippen MR) is 51.5 cm³/mol. The van der Waals surface area contributed by atoms with Crippen LogP contribution < -0.4 is 0 Å². The molecule has 2 nitrogen and oxygen atoms in total. The van der Waals surface area contributed by atoms with Gasteiger partial charge in [-0.05, 0) is 43.9 Å². The van der Waals surface area contributed by atoms with E-state index in [-0.39, 0.29) is 6.29 Å².